The third-order valence-corrected chi connectivity index (χ3v) is 2.06. The zero-order valence-electron chi connectivity index (χ0n) is 6.26. The Kier molecular flexibility index (Phi) is 1.89. The number of nitrogens with two attached hydrogens (primary N) is 1. The molecule has 0 unspecified atom stereocenters. The number of nitrogens with zero attached hydrogens (tertiary/aromatic N) is 2. The quantitative estimate of drug-likeness (QED) is 0.631. The number of hydrogen-bond donors (Lipinski definition) is 1. The van der Waals surface area contributed by atoms with Gasteiger partial charge < -0.3 is 5.73 Å². The van der Waals surface area contributed by atoms with E-state index in [1.807, 2.05) is 0 Å². The number of carbonyl (C=O) groups excluding carboxylic acids is 1. The smallest absolute Gasteiger partial charge is 0.251 e. The maximum absolute atomic E-state index is 10.8. The largest absolute Gasteiger partial charge is 0.366 e. The summed E-state index contributed by atoms with van der Waals surface area (Å²) in [7, 11) is -3.42. The first-order valence-electron chi connectivity index (χ1n) is 2.96. The minimum absolute atomic E-state index is 0.0698. The Labute approximate surface area is 69.0 Å². The van der Waals surface area contributed by atoms with E-state index in [1.165, 1.54) is 0 Å². The summed E-state index contributed by atoms with van der Waals surface area (Å²) < 4.78 is 22.3. The number of primary amides is 1. The van der Waals surface area contributed by atoms with Crippen molar-refractivity contribution in [3.8, 4) is 0 Å². The molecule has 66 valence electrons. The van der Waals surface area contributed by atoms with Gasteiger partial charge in [0.25, 0.3) is 15.9 Å². The maximum atomic E-state index is 10.8. The monoisotopic (exact) mass is 189 g/mol. The molecule has 1 amide bonds. The molecule has 1 heterocycles. The molecule has 12 heavy (non-hydrogen) atoms. The van der Waals surface area contributed by atoms with E-state index in [0.29, 0.717) is 4.09 Å². The van der Waals surface area contributed by atoms with Crippen LogP contribution in [0.3, 0.4) is 0 Å². The summed E-state index contributed by atoms with van der Waals surface area (Å²) in [5.74, 6) is -0.704. The fraction of sp³-hybridized carbons (Fsp3) is 0.200. The summed E-state index contributed by atoms with van der Waals surface area (Å²) in [6, 6.07) is 0. The van der Waals surface area contributed by atoms with E-state index in [-0.39, 0.29) is 5.56 Å². The third kappa shape index (κ3) is 1.62. The second-order valence-corrected chi connectivity index (χ2v) is 4.07. The minimum atomic E-state index is -3.42. The molecule has 0 saturated heterocycles. The van der Waals surface area contributed by atoms with Crippen LogP contribution >= 0.6 is 0 Å². The van der Waals surface area contributed by atoms with Crippen molar-refractivity contribution in [1.29, 1.82) is 0 Å². The molecule has 0 aliphatic rings. The highest BCUT2D eigenvalue weighted by atomic mass is 32.2. The van der Waals surface area contributed by atoms with Crippen LogP contribution in [0, 0.1) is 0 Å². The van der Waals surface area contributed by atoms with Crippen LogP contribution in [0.4, 0.5) is 0 Å². The molecule has 0 aromatic carbocycles. The SMILES string of the molecule is CS(=O)(=O)n1cc(C(N)=O)cn1. The van der Waals surface area contributed by atoms with Crippen LogP contribution in [0.25, 0.3) is 0 Å². The number of hydrogen-bond acceptors (Lipinski definition) is 4. The highest BCUT2D eigenvalue weighted by Gasteiger charge is 2.09. The molecule has 7 heteroatoms. The summed E-state index contributed by atoms with van der Waals surface area (Å²) >= 11 is 0. The van der Waals surface area contributed by atoms with Crippen LogP contribution in [0.15, 0.2) is 12.4 Å². The van der Waals surface area contributed by atoms with Crippen LogP contribution in [0.5, 0.6) is 0 Å². The molecule has 0 spiro atoms. The van der Waals surface area contributed by atoms with Crippen LogP contribution in [-0.4, -0.2) is 29.8 Å². The second kappa shape index (κ2) is 2.59. The van der Waals surface area contributed by atoms with Gasteiger partial charge in [-0.15, -0.1) is 0 Å². The van der Waals surface area contributed by atoms with Crippen molar-refractivity contribution in [2.24, 2.45) is 5.73 Å². The molecule has 0 atom stereocenters. The van der Waals surface area contributed by atoms with Crippen LogP contribution in [0.2, 0.25) is 0 Å². The van der Waals surface area contributed by atoms with E-state index in [0.717, 1.165) is 18.6 Å². The summed E-state index contributed by atoms with van der Waals surface area (Å²) in [6.45, 7) is 0. The van der Waals surface area contributed by atoms with Gasteiger partial charge in [-0.1, -0.05) is 0 Å². The lowest BCUT2D eigenvalue weighted by molar-refractivity contribution is 0.100. The van der Waals surface area contributed by atoms with E-state index >= 15 is 0 Å². The molecule has 0 bridgehead atoms. The van der Waals surface area contributed by atoms with E-state index in [2.05, 4.69) is 5.10 Å². The predicted octanol–water partition coefficient (Wildman–Crippen LogP) is -1.21. The average Bonchev–Trinajstić information content (AvgIpc) is 2.30. The lowest BCUT2D eigenvalue weighted by Gasteiger charge is -1.93. The van der Waals surface area contributed by atoms with Gasteiger partial charge in [0.15, 0.2) is 0 Å². The van der Waals surface area contributed by atoms with E-state index in [4.69, 9.17) is 5.73 Å². The van der Waals surface area contributed by atoms with Crippen molar-refractivity contribution >= 4 is 15.9 Å². The van der Waals surface area contributed by atoms with Gasteiger partial charge in [-0.05, 0) is 0 Å². The molecular weight excluding hydrogens is 182 g/mol. The predicted molar refractivity (Wildman–Crippen MR) is 41.0 cm³/mol. The molecule has 1 aromatic heterocycles. The van der Waals surface area contributed by atoms with Gasteiger partial charge in [-0.3, -0.25) is 4.79 Å². The molecule has 0 fully saturated rings. The Balaban J connectivity index is 3.17. The normalized spacial score (nSPS) is 11.4. The molecule has 1 aromatic rings. The molecule has 0 aliphatic carbocycles. The zero-order valence-corrected chi connectivity index (χ0v) is 7.08. The van der Waals surface area contributed by atoms with Crippen molar-refractivity contribution in [2.75, 3.05) is 6.26 Å². The third-order valence-electron chi connectivity index (χ3n) is 1.18. The number of carbonyl (C=O) groups is 1. The second-order valence-electron chi connectivity index (χ2n) is 2.23. The van der Waals surface area contributed by atoms with Crippen LogP contribution in [-0.2, 0) is 10.0 Å². The standard InChI is InChI=1S/C5H7N3O3S/c1-12(10,11)8-3-4(2-7-8)5(6)9/h2-3H,1H3,(H2,6,9). The first-order valence-corrected chi connectivity index (χ1v) is 4.81. The summed E-state index contributed by atoms with van der Waals surface area (Å²) in [6.07, 6.45) is 3.14. The average molecular weight is 189 g/mol. The Bertz CT molecular complexity index is 405. The van der Waals surface area contributed by atoms with Crippen molar-refractivity contribution < 1.29 is 13.2 Å². The first kappa shape index (κ1) is 8.72. The summed E-state index contributed by atoms with van der Waals surface area (Å²) in [5, 5.41) is 3.44. The zero-order chi connectivity index (χ0) is 9.35. The Hall–Kier alpha value is -1.37. The summed E-state index contributed by atoms with van der Waals surface area (Å²) in [4.78, 5) is 10.5. The van der Waals surface area contributed by atoms with Crippen molar-refractivity contribution in [3.05, 3.63) is 18.0 Å². The van der Waals surface area contributed by atoms with Gasteiger partial charge >= 0.3 is 0 Å². The number of rotatable bonds is 2. The first-order chi connectivity index (χ1) is 5.41. The van der Waals surface area contributed by atoms with Crippen molar-refractivity contribution in [3.63, 3.8) is 0 Å². The van der Waals surface area contributed by atoms with Gasteiger partial charge in [0, 0.05) is 0 Å². The van der Waals surface area contributed by atoms with Gasteiger partial charge in [0.05, 0.1) is 24.2 Å². The minimum Gasteiger partial charge on any atom is -0.366 e. The lowest BCUT2D eigenvalue weighted by Crippen LogP contribution is -2.12. The lowest BCUT2D eigenvalue weighted by atomic mass is 10.4. The van der Waals surface area contributed by atoms with Gasteiger partial charge in [-0.25, -0.2) is 8.42 Å². The number of aromatic nitrogens is 2. The van der Waals surface area contributed by atoms with Gasteiger partial charge in [-0.2, -0.15) is 9.19 Å². The van der Waals surface area contributed by atoms with Crippen molar-refractivity contribution in [1.82, 2.24) is 9.19 Å². The maximum Gasteiger partial charge on any atom is 0.251 e. The fourth-order valence-electron chi connectivity index (χ4n) is 0.613. The van der Waals surface area contributed by atoms with Crippen molar-refractivity contribution in [2.45, 2.75) is 0 Å². The van der Waals surface area contributed by atoms with E-state index < -0.39 is 15.9 Å². The molecule has 6 nitrogen and oxygen atoms in total. The molecular formula is C5H7N3O3S. The molecule has 0 radical (unpaired) electrons. The fourth-order valence-corrected chi connectivity index (χ4v) is 1.14. The Morgan fingerprint density at radius 3 is 2.50 bits per heavy atom. The van der Waals surface area contributed by atoms with E-state index in [9.17, 15) is 13.2 Å². The van der Waals surface area contributed by atoms with Crippen LogP contribution in [0.1, 0.15) is 10.4 Å². The van der Waals surface area contributed by atoms with Crippen LogP contribution < -0.4 is 5.73 Å². The highest BCUT2D eigenvalue weighted by molar-refractivity contribution is 7.89. The van der Waals surface area contributed by atoms with Gasteiger partial charge in [0.2, 0.25) is 0 Å². The van der Waals surface area contributed by atoms with E-state index in [1.54, 1.807) is 0 Å². The number of amides is 1. The molecule has 1 rings (SSSR count). The summed E-state index contributed by atoms with van der Waals surface area (Å²) in [5.41, 5.74) is 4.95. The Morgan fingerprint density at radius 1 is 1.67 bits per heavy atom. The Morgan fingerprint density at radius 2 is 2.25 bits per heavy atom. The topological polar surface area (TPSA) is 95.0 Å². The van der Waals surface area contributed by atoms with Gasteiger partial charge in [0.1, 0.15) is 0 Å². The molecule has 0 saturated carbocycles. The highest BCUT2D eigenvalue weighted by Crippen LogP contribution is 1.98. The molecule has 0 aliphatic heterocycles. The molecule has 2 N–H and O–H groups in total.